The summed E-state index contributed by atoms with van der Waals surface area (Å²) in [7, 11) is 0. The Labute approximate surface area is 78.3 Å². The van der Waals surface area contributed by atoms with Gasteiger partial charge in [0.15, 0.2) is 0 Å². The van der Waals surface area contributed by atoms with Crippen LogP contribution in [0.5, 0.6) is 0 Å². The second-order valence-corrected chi connectivity index (χ2v) is 1.47. The molecule has 0 N–H and O–H groups in total. The van der Waals surface area contributed by atoms with Crippen LogP contribution in [0.2, 0.25) is 5.15 Å². The third-order valence-corrected chi connectivity index (χ3v) is 0.803. The molecule has 0 atom stereocenters. The third kappa shape index (κ3) is 2.76. The van der Waals surface area contributed by atoms with E-state index in [0.29, 0.717) is 5.15 Å². The van der Waals surface area contributed by atoms with E-state index in [-0.39, 0.29) is 32.7 Å². The normalized spacial score (nSPS) is 7.62. The SMILES string of the molecule is Clc1cc[c-]cn1.[Y]. The molecule has 0 aliphatic carbocycles. The summed E-state index contributed by atoms with van der Waals surface area (Å²) in [4.78, 5) is 3.69. The predicted octanol–water partition coefficient (Wildman–Crippen LogP) is 1.53. The molecule has 0 bridgehead atoms. The van der Waals surface area contributed by atoms with Gasteiger partial charge in [0.1, 0.15) is 0 Å². The van der Waals surface area contributed by atoms with Crippen molar-refractivity contribution >= 4 is 11.6 Å². The van der Waals surface area contributed by atoms with E-state index >= 15 is 0 Å². The summed E-state index contributed by atoms with van der Waals surface area (Å²) in [6, 6.07) is 6.14. The monoisotopic (exact) mass is 201 g/mol. The Morgan fingerprint density at radius 1 is 1.62 bits per heavy atom. The van der Waals surface area contributed by atoms with Gasteiger partial charge in [-0.05, 0) is 0 Å². The van der Waals surface area contributed by atoms with Gasteiger partial charge in [-0.3, -0.25) is 4.98 Å². The van der Waals surface area contributed by atoms with Gasteiger partial charge >= 0.3 is 0 Å². The topological polar surface area (TPSA) is 12.9 Å². The smallest absolute Gasteiger partial charge is 0.0472 e. The molecule has 0 fully saturated rings. The van der Waals surface area contributed by atoms with E-state index < -0.39 is 0 Å². The molecule has 1 rings (SSSR count). The molecule has 0 aliphatic heterocycles. The fraction of sp³-hybridized carbons (Fsp3) is 0. The van der Waals surface area contributed by atoms with E-state index in [0.717, 1.165) is 0 Å². The van der Waals surface area contributed by atoms with Crippen molar-refractivity contribution in [1.82, 2.24) is 4.98 Å². The minimum atomic E-state index is 0. The predicted molar refractivity (Wildman–Crippen MR) is 28.1 cm³/mol. The van der Waals surface area contributed by atoms with Crippen LogP contribution in [0.4, 0.5) is 0 Å². The van der Waals surface area contributed by atoms with Crippen molar-refractivity contribution in [2.45, 2.75) is 0 Å². The van der Waals surface area contributed by atoms with Crippen molar-refractivity contribution in [1.29, 1.82) is 0 Å². The van der Waals surface area contributed by atoms with Gasteiger partial charge < -0.3 is 0 Å². The molecule has 39 valence electrons. The summed E-state index contributed by atoms with van der Waals surface area (Å²) in [5.41, 5.74) is 0. The molecule has 0 saturated heterocycles. The molecular formula is C5H3ClNY-. The number of halogens is 1. The molecule has 1 radical (unpaired) electrons. The zero-order chi connectivity index (χ0) is 5.11. The molecule has 0 unspecified atom stereocenters. The van der Waals surface area contributed by atoms with Crippen LogP contribution < -0.4 is 0 Å². The molecular weight excluding hydrogens is 198 g/mol. The first-order valence-electron chi connectivity index (χ1n) is 1.87. The van der Waals surface area contributed by atoms with Crippen LogP contribution in [0.25, 0.3) is 0 Å². The van der Waals surface area contributed by atoms with Gasteiger partial charge in [0.25, 0.3) is 0 Å². The van der Waals surface area contributed by atoms with E-state index in [1.54, 1.807) is 12.1 Å². The van der Waals surface area contributed by atoms with Gasteiger partial charge in [-0.2, -0.15) is 6.07 Å². The molecule has 3 heteroatoms. The first-order chi connectivity index (χ1) is 3.39. The Morgan fingerprint density at radius 2 is 2.38 bits per heavy atom. The summed E-state index contributed by atoms with van der Waals surface area (Å²) >= 11 is 5.41. The van der Waals surface area contributed by atoms with Crippen molar-refractivity contribution < 1.29 is 32.7 Å². The molecule has 0 saturated carbocycles. The van der Waals surface area contributed by atoms with E-state index in [2.05, 4.69) is 11.1 Å². The first-order valence-corrected chi connectivity index (χ1v) is 2.25. The minimum absolute atomic E-state index is 0. The van der Waals surface area contributed by atoms with Gasteiger partial charge in [-0.1, -0.05) is 17.8 Å². The molecule has 1 aromatic rings. The Kier molecular flexibility index (Phi) is 4.73. The summed E-state index contributed by atoms with van der Waals surface area (Å²) in [5.74, 6) is 0. The van der Waals surface area contributed by atoms with E-state index in [9.17, 15) is 0 Å². The zero-order valence-corrected chi connectivity index (χ0v) is 7.73. The number of pyridine rings is 1. The minimum Gasteiger partial charge on any atom is -0.284 e. The van der Waals surface area contributed by atoms with Crippen molar-refractivity contribution in [3.8, 4) is 0 Å². The standard InChI is InChI=1S/C5H3ClN.Y/c6-5-3-1-2-4-7-5;/h1,3-4H;/q-1;. The molecule has 0 amide bonds. The van der Waals surface area contributed by atoms with Crippen molar-refractivity contribution in [3.63, 3.8) is 0 Å². The summed E-state index contributed by atoms with van der Waals surface area (Å²) in [6.45, 7) is 0. The van der Waals surface area contributed by atoms with Crippen LogP contribution in [-0.2, 0) is 32.7 Å². The Bertz CT molecular complexity index is 142. The first kappa shape index (κ1) is 8.54. The van der Waals surface area contributed by atoms with Gasteiger partial charge in [0.2, 0.25) is 0 Å². The number of aromatic nitrogens is 1. The van der Waals surface area contributed by atoms with Crippen LogP contribution in [0.3, 0.4) is 0 Å². The zero-order valence-electron chi connectivity index (χ0n) is 4.13. The molecule has 8 heavy (non-hydrogen) atoms. The number of nitrogens with zero attached hydrogens (tertiary/aromatic N) is 1. The van der Waals surface area contributed by atoms with Crippen LogP contribution in [0, 0.1) is 6.07 Å². The second kappa shape index (κ2) is 4.43. The number of rotatable bonds is 0. The molecule has 1 heterocycles. The average molecular weight is 201 g/mol. The van der Waals surface area contributed by atoms with Crippen LogP contribution >= 0.6 is 11.6 Å². The summed E-state index contributed by atoms with van der Waals surface area (Å²) < 4.78 is 0. The fourth-order valence-corrected chi connectivity index (χ4v) is 0.414. The maximum Gasteiger partial charge on any atom is 0.0472 e. The average Bonchev–Trinajstić information content (AvgIpc) is 1.69. The van der Waals surface area contributed by atoms with E-state index in [1.165, 1.54) is 6.20 Å². The van der Waals surface area contributed by atoms with Crippen LogP contribution in [0.15, 0.2) is 18.3 Å². The van der Waals surface area contributed by atoms with Crippen molar-refractivity contribution in [3.05, 3.63) is 29.5 Å². The molecule has 1 aromatic heterocycles. The summed E-state index contributed by atoms with van der Waals surface area (Å²) in [6.07, 6.45) is 1.53. The molecule has 0 aliphatic rings. The van der Waals surface area contributed by atoms with Crippen LogP contribution in [0.1, 0.15) is 0 Å². The number of hydrogen-bond acceptors (Lipinski definition) is 1. The number of hydrogen-bond donors (Lipinski definition) is 0. The molecule has 1 nitrogen and oxygen atoms in total. The van der Waals surface area contributed by atoms with Gasteiger partial charge in [0.05, 0.1) is 0 Å². The second-order valence-electron chi connectivity index (χ2n) is 1.08. The van der Waals surface area contributed by atoms with Crippen molar-refractivity contribution in [2.24, 2.45) is 0 Å². The Hall–Kier alpha value is 0.544. The van der Waals surface area contributed by atoms with Crippen molar-refractivity contribution in [2.75, 3.05) is 0 Å². The maximum absolute atomic E-state index is 5.41. The van der Waals surface area contributed by atoms with Crippen LogP contribution in [-0.4, -0.2) is 4.98 Å². The van der Waals surface area contributed by atoms with E-state index in [1.807, 2.05) is 0 Å². The Balaban J connectivity index is 0.000000490. The quantitative estimate of drug-likeness (QED) is 0.458. The molecule has 0 aromatic carbocycles. The maximum atomic E-state index is 5.41. The Morgan fingerprint density at radius 3 is 2.62 bits per heavy atom. The van der Waals surface area contributed by atoms with Gasteiger partial charge in [0, 0.05) is 37.9 Å². The molecule has 0 spiro atoms. The van der Waals surface area contributed by atoms with Gasteiger partial charge in [-0.25, -0.2) is 12.1 Å². The third-order valence-electron chi connectivity index (χ3n) is 0.580. The fourth-order valence-electron chi connectivity index (χ4n) is 0.302. The summed E-state index contributed by atoms with van der Waals surface area (Å²) in [5, 5.41) is 0.513. The largest absolute Gasteiger partial charge is 0.284 e. The van der Waals surface area contributed by atoms with Gasteiger partial charge in [-0.15, -0.1) is 0 Å². The van der Waals surface area contributed by atoms with E-state index in [4.69, 9.17) is 11.6 Å².